The molecule has 2 aromatic rings. The van der Waals surface area contributed by atoms with E-state index in [0.717, 1.165) is 24.8 Å². The first-order chi connectivity index (χ1) is 13.1. The van der Waals surface area contributed by atoms with Gasteiger partial charge in [0, 0.05) is 6.07 Å². The highest BCUT2D eigenvalue weighted by molar-refractivity contribution is 5.93. The number of nitrogens with one attached hydrogen (secondary N) is 1. The van der Waals surface area contributed by atoms with Gasteiger partial charge in [0.05, 0.1) is 20.3 Å². The number of ether oxygens (including phenoxy) is 3. The Morgan fingerprint density at radius 1 is 1.15 bits per heavy atom. The number of carbonyl (C=O) groups excluding carboxylic acids is 2. The lowest BCUT2D eigenvalue weighted by Gasteiger charge is -2.26. The van der Waals surface area contributed by atoms with Gasteiger partial charge >= 0.3 is 5.97 Å². The van der Waals surface area contributed by atoms with Crippen molar-refractivity contribution in [1.29, 1.82) is 0 Å². The average molecular weight is 369 g/mol. The van der Waals surface area contributed by atoms with Crippen molar-refractivity contribution in [3.05, 3.63) is 59.2 Å². The highest BCUT2D eigenvalue weighted by Crippen LogP contribution is 2.29. The van der Waals surface area contributed by atoms with Crippen LogP contribution in [0, 0.1) is 0 Å². The van der Waals surface area contributed by atoms with Crippen LogP contribution in [0.1, 0.15) is 40.4 Å². The monoisotopic (exact) mass is 369 g/mol. The van der Waals surface area contributed by atoms with Crippen LogP contribution in [0.4, 0.5) is 0 Å². The largest absolute Gasteiger partial charge is 0.497 e. The molecule has 0 fully saturated rings. The number of rotatable bonds is 6. The Balaban J connectivity index is 1.67. The Kier molecular flexibility index (Phi) is 5.96. The van der Waals surface area contributed by atoms with Gasteiger partial charge in [-0.25, -0.2) is 4.79 Å². The van der Waals surface area contributed by atoms with Crippen molar-refractivity contribution in [2.75, 3.05) is 20.8 Å². The summed E-state index contributed by atoms with van der Waals surface area (Å²) in [4.78, 5) is 24.3. The molecule has 27 heavy (non-hydrogen) atoms. The number of methoxy groups -OCH3 is 2. The van der Waals surface area contributed by atoms with E-state index in [1.165, 1.54) is 19.8 Å². The molecule has 3 rings (SSSR count). The van der Waals surface area contributed by atoms with Crippen molar-refractivity contribution >= 4 is 11.9 Å². The van der Waals surface area contributed by atoms with Crippen LogP contribution in [-0.4, -0.2) is 32.7 Å². The molecule has 1 amide bonds. The van der Waals surface area contributed by atoms with Gasteiger partial charge < -0.3 is 19.5 Å². The zero-order valence-corrected chi connectivity index (χ0v) is 15.5. The molecule has 1 N–H and O–H groups in total. The lowest BCUT2D eigenvalue weighted by molar-refractivity contribution is -0.124. The second-order valence-electron chi connectivity index (χ2n) is 6.35. The quantitative estimate of drug-likeness (QED) is 0.792. The van der Waals surface area contributed by atoms with Crippen LogP contribution >= 0.6 is 0 Å². The Labute approximate surface area is 158 Å². The summed E-state index contributed by atoms with van der Waals surface area (Å²) in [6.07, 6.45) is 2.96. The molecule has 0 aromatic heterocycles. The molecule has 142 valence electrons. The second kappa shape index (κ2) is 8.58. The van der Waals surface area contributed by atoms with Crippen LogP contribution in [0.3, 0.4) is 0 Å². The van der Waals surface area contributed by atoms with E-state index in [0.29, 0.717) is 5.75 Å². The summed E-state index contributed by atoms with van der Waals surface area (Å²) in [5.41, 5.74) is 2.68. The fraction of sp³-hybridized carbons (Fsp3) is 0.333. The Bertz CT molecular complexity index is 833. The smallest absolute Gasteiger partial charge is 0.341 e. The van der Waals surface area contributed by atoms with E-state index in [2.05, 4.69) is 17.4 Å². The number of fused-ring (bicyclic) bond motifs is 1. The van der Waals surface area contributed by atoms with E-state index in [4.69, 9.17) is 14.2 Å². The van der Waals surface area contributed by atoms with Crippen LogP contribution < -0.4 is 14.8 Å². The highest BCUT2D eigenvalue weighted by atomic mass is 16.5. The first kappa shape index (κ1) is 18.8. The van der Waals surface area contributed by atoms with Crippen LogP contribution in [0.5, 0.6) is 11.5 Å². The number of hydrogen-bond acceptors (Lipinski definition) is 5. The number of amides is 1. The molecular formula is C21H23NO5. The molecule has 0 unspecified atom stereocenters. The van der Waals surface area contributed by atoms with Gasteiger partial charge in [-0.2, -0.15) is 0 Å². The van der Waals surface area contributed by atoms with Crippen molar-refractivity contribution in [1.82, 2.24) is 5.32 Å². The van der Waals surface area contributed by atoms with Crippen molar-refractivity contribution in [2.24, 2.45) is 0 Å². The Hall–Kier alpha value is -3.02. The molecule has 0 spiro atoms. The Morgan fingerprint density at radius 2 is 1.96 bits per heavy atom. The van der Waals surface area contributed by atoms with E-state index in [9.17, 15) is 9.59 Å². The third-order valence-corrected chi connectivity index (χ3v) is 4.66. The maximum Gasteiger partial charge on any atom is 0.341 e. The summed E-state index contributed by atoms with van der Waals surface area (Å²) < 4.78 is 15.5. The van der Waals surface area contributed by atoms with Gasteiger partial charge in [0.2, 0.25) is 0 Å². The fourth-order valence-corrected chi connectivity index (χ4v) is 3.31. The van der Waals surface area contributed by atoms with Crippen molar-refractivity contribution in [2.45, 2.75) is 25.3 Å². The Morgan fingerprint density at radius 3 is 2.74 bits per heavy atom. The van der Waals surface area contributed by atoms with E-state index >= 15 is 0 Å². The molecule has 1 aliphatic rings. The summed E-state index contributed by atoms with van der Waals surface area (Å²) in [6.45, 7) is -0.199. The molecule has 1 atom stereocenters. The van der Waals surface area contributed by atoms with Gasteiger partial charge in [-0.1, -0.05) is 24.3 Å². The highest BCUT2D eigenvalue weighted by Gasteiger charge is 2.22. The van der Waals surface area contributed by atoms with Crippen LogP contribution in [-0.2, 0) is 16.0 Å². The minimum absolute atomic E-state index is 0.0172. The SMILES string of the molecule is COC(=O)c1ccc(OC)cc1OCC(=O)N[C@H]1CCCc2ccccc21. The van der Waals surface area contributed by atoms with Gasteiger partial charge in [0.25, 0.3) is 5.91 Å². The molecule has 6 nitrogen and oxygen atoms in total. The van der Waals surface area contributed by atoms with Crippen molar-refractivity contribution < 1.29 is 23.8 Å². The summed E-state index contributed by atoms with van der Waals surface area (Å²) in [7, 11) is 2.81. The summed E-state index contributed by atoms with van der Waals surface area (Å²) >= 11 is 0. The van der Waals surface area contributed by atoms with E-state index < -0.39 is 5.97 Å². The molecule has 2 aromatic carbocycles. The van der Waals surface area contributed by atoms with Crippen LogP contribution in [0.2, 0.25) is 0 Å². The number of carbonyl (C=O) groups is 2. The summed E-state index contributed by atoms with van der Waals surface area (Å²) in [5.74, 6) is 0.00395. The lowest BCUT2D eigenvalue weighted by Crippen LogP contribution is -2.34. The molecular weight excluding hydrogens is 346 g/mol. The molecule has 0 heterocycles. The number of aryl methyl sites for hydroxylation is 1. The molecule has 0 bridgehead atoms. The van der Waals surface area contributed by atoms with Gasteiger partial charge in [-0.3, -0.25) is 4.79 Å². The predicted molar refractivity (Wildman–Crippen MR) is 100 cm³/mol. The second-order valence-corrected chi connectivity index (χ2v) is 6.35. The van der Waals surface area contributed by atoms with Crippen LogP contribution in [0.25, 0.3) is 0 Å². The molecule has 0 aliphatic heterocycles. The first-order valence-corrected chi connectivity index (χ1v) is 8.88. The van der Waals surface area contributed by atoms with E-state index in [-0.39, 0.29) is 29.9 Å². The van der Waals surface area contributed by atoms with E-state index in [1.54, 1.807) is 18.2 Å². The first-order valence-electron chi connectivity index (χ1n) is 8.88. The number of esters is 1. The predicted octanol–water partition coefficient (Wildman–Crippen LogP) is 3.05. The van der Waals surface area contributed by atoms with Gasteiger partial charge in [-0.05, 0) is 42.5 Å². The van der Waals surface area contributed by atoms with Crippen LogP contribution in [0.15, 0.2) is 42.5 Å². The maximum absolute atomic E-state index is 12.4. The van der Waals surface area contributed by atoms with Gasteiger partial charge in [0.15, 0.2) is 6.61 Å². The zero-order chi connectivity index (χ0) is 19.2. The molecule has 1 aliphatic carbocycles. The zero-order valence-electron chi connectivity index (χ0n) is 15.5. The standard InChI is InChI=1S/C21H23NO5/c1-25-15-10-11-17(21(24)26-2)19(12-15)27-13-20(23)22-18-9-5-7-14-6-3-4-8-16(14)18/h3-4,6,8,10-12,18H,5,7,9,13H2,1-2H3,(H,22,23)/t18-/m0/s1. The lowest BCUT2D eigenvalue weighted by atomic mass is 9.88. The minimum atomic E-state index is -0.533. The van der Waals surface area contributed by atoms with Gasteiger partial charge in [-0.15, -0.1) is 0 Å². The molecule has 6 heteroatoms. The topological polar surface area (TPSA) is 73.9 Å². The third-order valence-electron chi connectivity index (χ3n) is 4.66. The van der Waals surface area contributed by atoms with Crippen molar-refractivity contribution in [3.8, 4) is 11.5 Å². The fourth-order valence-electron chi connectivity index (χ4n) is 3.31. The molecule has 0 saturated carbocycles. The summed E-state index contributed by atoms with van der Waals surface area (Å²) in [6, 6.07) is 12.9. The average Bonchev–Trinajstić information content (AvgIpc) is 2.71. The number of benzene rings is 2. The molecule has 0 radical (unpaired) electrons. The van der Waals surface area contributed by atoms with Gasteiger partial charge in [0.1, 0.15) is 17.1 Å². The summed E-state index contributed by atoms with van der Waals surface area (Å²) in [5, 5.41) is 3.03. The van der Waals surface area contributed by atoms with Crippen molar-refractivity contribution in [3.63, 3.8) is 0 Å². The maximum atomic E-state index is 12.4. The number of hydrogen-bond donors (Lipinski definition) is 1. The normalized spacial score (nSPS) is 15.4. The third kappa shape index (κ3) is 4.39. The van der Waals surface area contributed by atoms with E-state index in [1.807, 2.05) is 12.1 Å². The minimum Gasteiger partial charge on any atom is -0.497 e. The molecule has 0 saturated heterocycles.